The topological polar surface area (TPSA) is 57.6 Å². The molecule has 1 heterocycles. The van der Waals surface area contributed by atoms with Gasteiger partial charge in [-0.2, -0.15) is 0 Å². The van der Waals surface area contributed by atoms with Crippen LogP contribution in [0.3, 0.4) is 0 Å². The largest absolute Gasteiger partial charge is 0.480 e. The van der Waals surface area contributed by atoms with E-state index >= 15 is 0 Å². The van der Waals surface area contributed by atoms with Gasteiger partial charge in [0.05, 0.1) is 0 Å². The highest BCUT2D eigenvalue weighted by atomic mass is 16.4. The number of carbonyl (C=O) groups excluding carboxylic acids is 1. The van der Waals surface area contributed by atoms with Crippen molar-refractivity contribution < 1.29 is 14.7 Å². The summed E-state index contributed by atoms with van der Waals surface area (Å²) in [6, 6.07) is -0.613. The Hall–Kier alpha value is -1.06. The Morgan fingerprint density at radius 1 is 1.36 bits per heavy atom. The molecule has 80 valence electrons. The summed E-state index contributed by atoms with van der Waals surface area (Å²) in [5.41, 5.74) is 0. The van der Waals surface area contributed by atoms with Gasteiger partial charge in [-0.1, -0.05) is 13.3 Å². The molecule has 1 aliphatic heterocycles. The molecule has 0 aliphatic carbocycles. The van der Waals surface area contributed by atoms with Crippen molar-refractivity contribution in [3.63, 3.8) is 0 Å². The summed E-state index contributed by atoms with van der Waals surface area (Å²) in [5, 5.41) is 8.97. The highest BCUT2D eigenvalue weighted by Gasteiger charge is 2.30. The lowest BCUT2D eigenvalue weighted by Crippen LogP contribution is -2.44. The number of carbonyl (C=O) groups is 2. The van der Waals surface area contributed by atoms with Gasteiger partial charge < -0.3 is 10.0 Å². The van der Waals surface area contributed by atoms with E-state index in [9.17, 15) is 9.59 Å². The third-order valence-corrected chi connectivity index (χ3v) is 2.75. The minimum Gasteiger partial charge on any atom is -0.480 e. The summed E-state index contributed by atoms with van der Waals surface area (Å²) in [4.78, 5) is 23.7. The lowest BCUT2D eigenvalue weighted by atomic mass is 10.1. The molecule has 1 amide bonds. The molecular weight excluding hydrogens is 182 g/mol. The second-order valence-corrected chi connectivity index (χ2v) is 4.06. The van der Waals surface area contributed by atoms with Crippen molar-refractivity contribution in [2.24, 2.45) is 5.92 Å². The first-order valence-electron chi connectivity index (χ1n) is 5.02. The van der Waals surface area contributed by atoms with E-state index in [1.165, 1.54) is 11.8 Å². The van der Waals surface area contributed by atoms with Crippen molar-refractivity contribution in [3.05, 3.63) is 0 Å². The van der Waals surface area contributed by atoms with Crippen molar-refractivity contribution in [1.82, 2.24) is 4.90 Å². The van der Waals surface area contributed by atoms with E-state index in [0.717, 1.165) is 12.8 Å². The Morgan fingerprint density at radius 3 is 2.50 bits per heavy atom. The Morgan fingerprint density at radius 2 is 2.00 bits per heavy atom. The molecule has 4 nitrogen and oxygen atoms in total. The monoisotopic (exact) mass is 199 g/mol. The number of rotatable bonds is 1. The van der Waals surface area contributed by atoms with Crippen LogP contribution in [0, 0.1) is 5.92 Å². The minimum atomic E-state index is -0.880. The van der Waals surface area contributed by atoms with Gasteiger partial charge in [-0.05, 0) is 18.8 Å². The first-order chi connectivity index (χ1) is 6.52. The minimum absolute atomic E-state index is 0.133. The van der Waals surface area contributed by atoms with E-state index in [1.54, 1.807) is 0 Å². The third kappa shape index (κ3) is 2.47. The summed E-state index contributed by atoms with van der Waals surface area (Å²) in [7, 11) is 0. The van der Waals surface area contributed by atoms with Crippen LogP contribution in [0.2, 0.25) is 0 Å². The maximum absolute atomic E-state index is 11.3. The first kappa shape index (κ1) is 11.0. The number of nitrogens with zero attached hydrogens (tertiary/aromatic N) is 1. The van der Waals surface area contributed by atoms with Crippen LogP contribution >= 0.6 is 0 Å². The highest BCUT2D eigenvalue weighted by molar-refractivity contribution is 5.82. The van der Waals surface area contributed by atoms with Gasteiger partial charge in [0.2, 0.25) is 5.91 Å². The summed E-state index contributed by atoms with van der Waals surface area (Å²) < 4.78 is 0. The zero-order valence-electron chi connectivity index (χ0n) is 8.69. The van der Waals surface area contributed by atoms with Gasteiger partial charge in [0.25, 0.3) is 0 Å². The number of carboxylic acids is 1. The predicted molar refractivity (Wildman–Crippen MR) is 51.8 cm³/mol. The average Bonchev–Trinajstić information content (AvgIpc) is 2.26. The number of aliphatic carboxylic acids is 1. The molecule has 4 heteroatoms. The zero-order valence-corrected chi connectivity index (χ0v) is 8.69. The van der Waals surface area contributed by atoms with Crippen LogP contribution in [-0.4, -0.2) is 34.5 Å². The molecule has 1 N–H and O–H groups in total. The molecule has 2 atom stereocenters. The SMILES string of the molecule is CC(=O)N1CC(C)CCCC1C(=O)O. The van der Waals surface area contributed by atoms with Crippen molar-refractivity contribution >= 4 is 11.9 Å². The molecule has 0 spiro atoms. The van der Waals surface area contributed by atoms with Crippen molar-refractivity contribution in [3.8, 4) is 0 Å². The van der Waals surface area contributed by atoms with E-state index in [1.807, 2.05) is 0 Å². The molecule has 0 aromatic carbocycles. The van der Waals surface area contributed by atoms with Crippen LogP contribution in [0.5, 0.6) is 0 Å². The number of likely N-dealkylation sites (tertiary alicyclic amines) is 1. The zero-order chi connectivity index (χ0) is 10.7. The standard InChI is InChI=1S/C10H17NO3/c1-7-4-3-5-9(10(13)14)11(6-7)8(2)12/h7,9H,3-6H2,1-2H3,(H,13,14). The van der Waals surface area contributed by atoms with Crippen molar-refractivity contribution in [1.29, 1.82) is 0 Å². The molecule has 0 radical (unpaired) electrons. The fourth-order valence-corrected chi connectivity index (χ4v) is 1.97. The van der Waals surface area contributed by atoms with Gasteiger partial charge in [-0.15, -0.1) is 0 Å². The summed E-state index contributed by atoms with van der Waals surface area (Å²) in [6.07, 6.45) is 2.48. The summed E-state index contributed by atoms with van der Waals surface area (Å²) >= 11 is 0. The predicted octanol–water partition coefficient (Wildman–Crippen LogP) is 1.11. The van der Waals surface area contributed by atoms with Crippen LogP contribution in [0.1, 0.15) is 33.1 Å². The molecule has 14 heavy (non-hydrogen) atoms. The smallest absolute Gasteiger partial charge is 0.326 e. The van der Waals surface area contributed by atoms with E-state index in [0.29, 0.717) is 18.9 Å². The lowest BCUT2D eigenvalue weighted by molar-refractivity contribution is -0.149. The number of hydrogen-bond donors (Lipinski definition) is 1. The van der Waals surface area contributed by atoms with Gasteiger partial charge in [-0.3, -0.25) is 4.79 Å². The second kappa shape index (κ2) is 4.44. The molecule has 1 rings (SSSR count). The van der Waals surface area contributed by atoms with Crippen LogP contribution in [-0.2, 0) is 9.59 Å². The molecule has 1 aliphatic rings. The van der Waals surface area contributed by atoms with Gasteiger partial charge in [0, 0.05) is 13.5 Å². The Kier molecular flexibility index (Phi) is 3.49. The number of amides is 1. The van der Waals surface area contributed by atoms with Crippen LogP contribution in [0.4, 0.5) is 0 Å². The average molecular weight is 199 g/mol. The molecule has 0 aromatic heterocycles. The molecular formula is C10H17NO3. The van der Waals surface area contributed by atoms with Gasteiger partial charge in [-0.25, -0.2) is 4.79 Å². The van der Waals surface area contributed by atoms with Gasteiger partial charge >= 0.3 is 5.97 Å². The maximum atomic E-state index is 11.3. The van der Waals surface area contributed by atoms with Crippen LogP contribution in [0.15, 0.2) is 0 Å². The lowest BCUT2D eigenvalue weighted by Gasteiger charge is -2.26. The normalized spacial score (nSPS) is 28.3. The fourth-order valence-electron chi connectivity index (χ4n) is 1.97. The van der Waals surface area contributed by atoms with E-state index in [4.69, 9.17) is 5.11 Å². The fraction of sp³-hybridized carbons (Fsp3) is 0.800. The molecule has 0 saturated carbocycles. The van der Waals surface area contributed by atoms with E-state index in [2.05, 4.69) is 6.92 Å². The Balaban J connectivity index is 2.79. The van der Waals surface area contributed by atoms with Crippen molar-refractivity contribution in [2.45, 2.75) is 39.2 Å². The molecule has 1 saturated heterocycles. The molecule has 0 bridgehead atoms. The number of carboxylic acid groups (broad SMARTS) is 1. The first-order valence-corrected chi connectivity index (χ1v) is 5.02. The van der Waals surface area contributed by atoms with Crippen molar-refractivity contribution in [2.75, 3.05) is 6.54 Å². The Labute approximate surface area is 83.9 Å². The van der Waals surface area contributed by atoms with Crippen LogP contribution < -0.4 is 0 Å². The number of hydrogen-bond acceptors (Lipinski definition) is 2. The van der Waals surface area contributed by atoms with E-state index < -0.39 is 12.0 Å². The Bertz CT molecular complexity index is 240. The van der Waals surface area contributed by atoms with E-state index in [-0.39, 0.29) is 5.91 Å². The third-order valence-electron chi connectivity index (χ3n) is 2.75. The highest BCUT2D eigenvalue weighted by Crippen LogP contribution is 2.21. The maximum Gasteiger partial charge on any atom is 0.326 e. The van der Waals surface area contributed by atoms with Gasteiger partial charge in [0.15, 0.2) is 0 Å². The van der Waals surface area contributed by atoms with Crippen LogP contribution in [0.25, 0.3) is 0 Å². The molecule has 0 aromatic rings. The molecule has 1 fully saturated rings. The second-order valence-electron chi connectivity index (χ2n) is 4.06. The molecule has 2 unspecified atom stereocenters. The quantitative estimate of drug-likeness (QED) is 0.688. The van der Waals surface area contributed by atoms with Gasteiger partial charge in [0.1, 0.15) is 6.04 Å². The summed E-state index contributed by atoms with van der Waals surface area (Å²) in [5.74, 6) is -0.608. The summed E-state index contributed by atoms with van der Waals surface area (Å²) in [6.45, 7) is 4.07.